The molecule has 0 saturated carbocycles. The summed E-state index contributed by atoms with van der Waals surface area (Å²) in [7, 11) is 0. The van der Waals surface area contributed by atoms with E-state index in [2.05, 4.69) is 10.6 Å². The molecule has 28 heavy (non-hydrogen) atoms. The fourth-order valence-electron chi connectivity index (χ4n) is 3.03. The zero-order valence-electron chi connectivity index (χ0n) is 15.8. The minimum absolute atomic E-state index is 0.0195. The Balaban J connectivity index is 2.02. The predicted octanol–water partition coefficient (Wildman–Crippen LogP) is 0.910. The number of carboxylic acid groups (broad SMARTS) is 1. The third-order valence-electron chi connectivity index (χ3n) is 4.39. The first-order chi connectivity index (χ1) is 13.2. The quantitative estimate of drug-likeness (QED) is 0.607. The van der Waals surface area contributed by atoms with Crippen LogP contribution in [0, 0.1) is 17.7 Å². The van der Waals surface area contributed by atoms with Crippen LogP contribution in [-0.4, -0.2) is 47.9 Å². The normalized spacial score (nSPS) is 17.5. The molecule has 0 radical (unpaired) electrons. The molecule has 1 aliphatic heterocycles. The van der Waals surface area contributed by atoms with Crippen LogP contribution in [0.4, 0.5) is 10.1 Å². The van der Waals surface area contributed by atoms with Gasteiger partial charge in [0.05, 0.1) is 5.92 Å². The van der Waals surface area contributed by atoms with Crippen LogP contribution >= 0.6 is 0 Å². The zero-order chi connectivity index (χ0) is 20.8. The molecule has 1 fully saturated rings. The summed E-state index contributed by atoms with van der Waals surface area (Å²) in [6.45, 7) is 3.34. The van der Waals surface area contributed by atoms with Gasteiger partial charge in [-0.15, -0.1) is 0 Å². The lowest BCUT2D eigenvalue weighted by molar-refractivity contribution is -0.138. The second-order valence-electron chi connectivity index (χ2n) is 7.18. The molecule has 1 heterocycles. The minimum Gasteiger partial charge on any atom is -0.480 e. The molecule has 9 heteroatoms. The number of aliphatic carboxylic acids is 1. The third-order valence-corrected chi connectivity index (χ3v) is 4.39. The zero-order valence-corrected chi connectivity index (χ0v) is 15.8. The molecule has 1 aliphatic rings. The predicted molar refractivity (Wildman–Crippen MR) is 98.9 cm³/mol. The molecule has 2 rings (SSSR count). The summed E-state index contributed by atoms with van der Waals surface area (Å²) in [5, 5.41) is 13.6. The number of halogens is 1. The van der Waals surface area contributed by atoms with Crippen molar-refractivity contribution in [1.29, 1.82) is 0 Å². The lowest BCUT2D eigenvalue weighted by atomic mass is 10.0. The van der Waals surface area contributed by atoms with Crippen LogP contribution in [0.1, 0.15) is 26.7 Å². The first kappa shape index (κ1) is 21.3. The van der Waals surface area contributed by atoms with Gasteiger partial charge in [-0.2, -0.15) is 0 Å². The molecule has 0 spiro atoms. The van der Waals surface area contributed by atoms with E-state index in [0.29, 0.717) is 12.1 Å². The van der Waals surface area contributed by atoms with E-state index in [1.54, 1.807) is 0 Å². The Morgan fingerprint density at radius 2 is 1.89 bits per heavy atom. The number of anilines is 1. The summed E-state index contributed by atoms with van der Waals surface area (Å²) >= 11 is 0. The van der Waals surface area contributed by atoms with Gasteiger partial charge in [0.15, 0.2) is 0 Å². The monoisotopic (exact) mass is 393 g/mol. The first-order valence-electron chi connectivity index (χ1n) is 9.03. The van der Waals surface area contributed by atoms with Crippen LogP contribution in [-0.2, 0) is 19.2 Å². The van der Waals surface area contributed by atoms with E-state index in [-0.39, 0.29) is 24.8 Å². The summed E-state index contributed by atoms with van der Waals surface area (Å²) in [5.74, 6) is -3.46. The van der Waals surface area contributed by atoms with E-state index in [1.165, 1.54) is 29.2 Å². The number of nitrogens with one attached hydrogen (secondary N) is 2. The molecule has 152 valence electrons. The average molecular weight is 393 g/mol. The number of benzene rings is 1. The van der Waals surface area contributed by atoms with Crippen LogP contribution in [0.25, 0.3) is 0 Å². The number of rotatable bonds is 8. The maximum Gasteiger partial charge on any atom is 0.322 e. The molecule has 3 amide bonds. The minimum atomic E-state index is -1.18. The Morgan fingerprint density at radius 3 is 2.46 bits per heavy atom. The first-order valence-corrected chi connectivity index (χ1v) is 9.03. The second kappa shape index (κ2) is 9.29. The van der Waals surface area contributed by atoms with Crippen LogP contribution in [0.15, 0.2) is 24.3 Å². The number of amides is 3. The molecule has 0 unspecified atom stereocenters. The van der Waals surface area contributed by atoms with Gasteiger partial charge in [0, 0.05) is 18.7 Å². The number of nitrogens with zero attached hydrogens (tertiary/aromatic N) is 1. The Hall–Kier alpha value is -2.97. The van der Waals surface area contributed by atoms with Gasteiger partial charge in [0.1, 0.15) is 18.4 Å². The van der Waals surface area contributed by atoms with Gasteiger partial charge >= 0.3 is 5.97 Å². The maximum absolute atomic E-state index is 13.1. The van der Waals surface area contributed by atoms with Crippen molar-refractivity contribution in [1.82, 2.24) is 10.6 Å². The van der Waals surface area contributed by atoms with Crippen molar-refractivity contribution in [2.75, 3.05) is 18.0 Å². The SMILES string of the molecule is CC(C)C[C@H](NC(=O)[C@H]1CC(=O)N(c2ccc(F)cc2)C1)C(=O)NCC(=O)O. The highest BCUT2D eigenvalue weighted by atomic mass is 19.1. The Bertz CT molecular complexity index is 750. The molecule has 2 atom stereocenters. The molecule has 1 aromatic carbocycles. The van der Waals surface area contributed by atoms with Crippen molar-refractivity contribution in [2.24, 2.45) is 11.8 Å². The van der Waals surface area contributed by atoms with Crippen LogP contribution in [0.3, 0.4) is 0 Å². The summed E-state index contributed by atoms with van der Waals surface area (Å²) in [5.41, 5.74) is 0.500. The van der Waals surface area contributed by atoms with E-state index in [1.807, 2.05) is 13.8 Å². The summed E-state index contributed by atoms with van der Waals surface area (Å²) < 4.78 is 13.1. The summed E-state index contributed by atoms with van der Waals surface area (Å²) in [6, 6.07) is 4.52. The molecular weight excluding hydrogens is 369 g/mol. The van der Waals surface area contributed by atoms with Crippen molar-refractivity contribution in [2.45, 2.75) is 32.7 Å². The van der Waals surface area contributed by atoms with Crippen molar-refractivity contribution in [3.05, 3.63) is 30.1 Å². The highest BCUT2D eigenvalue weighted by Gasteiger charge is 2.36. The van der Waals surface area contributed by atoms with Gasteiger partial charge in [-0.25, -0.2) is 4.39 Å². The number of carbonyl (C=O) groups excluding carboxylic acids is 3. The summed E-state index contributed by atoms with van der Waals surface area (Å²) in [6.07, 6.45) is 0.313. The molecule has 8 nitrogen and oxygen atoms in total. The molecule has 0 aromatic heterocycles. The van der Waals surface area contributed by atoms with Gasteiger partial charge in [-0.3, -0.25) is 19.2 Å². The molecule has 0 aliphatic carbocycles. The third kappa shape index (κ3) is 5.77. The maximum atomic E-state index is 13.1. The molecule has 0 bridgehead atoms. The van der Waals surface area contributed by atoms with E-state index in [0.717, 1.165) is 0 Å². The van der Waals surface area contributed by atoms with Crippen molar-refractivity contribution < 1.29 is 28.7 Å². The van der Waals surface area contributed by atoms with Crippen LogP contribution in [0.5, 0.6) is 0 Å². The molecule has 3 N–H and O–H groups in total. The molecule has 1 aromatic rings. The van der Waals surface area contributed by atoms with Crippen LogP contribution in [0.2, 0.25) is 0 Å². The lowest BCUT2D eigenvalue weighted by Crippen LogP contribution is -2.50. The number of carboxylic acids is 1. The summed E-state index contributed by atoms with van der Waals surface area (Å²) in [4.78, 5) is 49.1. The van der Waals surface area contributed by atoms with Crippen molar-refractivity contribution >= 4 is 29.4 Å². The van der Waals surface area contributed by atoms with Crippen molar-refractivity contribution in [3.8, 4) is 0 Å². The Morgan fingerprint density at radius 1 is 1.25 bits per heavy atom. The lowest BCUT2D eigenvalue weighted by Gasteiger charge is -2.22. The van der Waals surface area contributed by atoms with Gasteiger partial charge in [-0.1, -0.05) is 13.8 Å². The van der Waals surface area contributed by atoms with E-state index < -0.39 is 42.1 Å². The highest BCUT2D eigenvalue weighted by molar-refractivity contribution is 6.01. The number of carbonyl (C=O) groups is 4. The van der Waals surface area contributed by atoms with Gasteiger partial charge in [0.25, 0.3) is 0 Å². The second-order valence-corrected chi connectivity index (χ2v) is 7.18. The molecule has 1 saturated heterocycles. The van der Waals surface area contributed by atoms with Gasteiger partial charge in [0.2, 0.25) is 17.7 Å². The molecular formula is C19H24FN3O5. The Labute approximate surface area is 162 Å². The fraction of sp³-hybridized carbons (Fsp3) is 0.474. The highest BCUT2D eigenvalue weighted by Crippen LogP contribution is 2.25. The Kier molecular flexibility index (Phi) is 7.08. The smallest absolute Gasteiger partial charge is 0.322 e. The van der Waals surface area contributed by atoms with E-state index >= 15 is 0 Å². The number of hydrogen-bond donors (Lipinski definition) is 3. The van der Waals surface area contributed by atoms with E-state index in [9.17, 15) is 23.6 Å². The van der Waals surface area contributed by atoms with Crippen LogP contribution < -0.4 is 15.5 Å². The largest absolute Gasteiger partial charge is 0.480 e. The number of hydrogen-bond acceptors (Lipinski definition) is 4. The standard InChI is InChI=1S/C19H24FN3O5/c1-11(2)7-15(19(28)21-9-17(25)26)22-18(27)12-8-16(24)23(10-12)14-5-3-13(20)4-6-14/h3-6,11-12,15H,7-10H2,1-2H3,(H,21,28)(H,22,27)(H,25,26)/t12-,15-/m0/s1. The van der Waals surface area contributed by atoms with Crippen molar-refractivity contribution in [3.63, 3.8) is 0 Å². The van der Waals surface area contributed by atoms with E-state index in [4.69, 9.17) is 5.11 Å². The fourth-order valence-corrected chi connectivity index (χ4v) is 3.03. The van der Waals surface area contributed by atoms with Gasteiger partial charge < -0.3 is 20.6 Å². The topological polar surface area (TPSA) is 116 Å². The van der Waals surface area contributed by atoms with Gasteiger partial charge in [-0.05, 0) is 36.6 Å². The average Bonchev–Trinajstić information content (AvgIpc) is 3.01.